The van der Waals surface area contributed by atoms with Gasteiger partial charge in [-0.3, -0.25) is 9.48 Å². The summed E-state index contributed by atoms with van der Waals surface area (Å²) >= 11 is 0. The van der Waals surface area contributed by atoms with Crippen LogP contribution in [-0.4, -0.2) is 20.9 Å². The number of aryl methyl sites for hydroxylation is 2. The third-order valence-electron chi connectivity index (χ3n) is 2.56. The van der Waals surface area contributed by atoms with Gasteiger partial charge >= 0.3 is 5.97 Å². The van der Waals surface area contributed by atoms with E-state index in [4.69, 9.17) is 5.11 Å². The largest absolute Gasteiger partial charge is 0.481 e. The van der Waals surface area contributed by atoms with E-state index < -0.39 is 5.97 Å². The first-order valence-corrected chi connectivity index (χ1v) is 4.32. The van der Waals surface area contributed by atoms with E-state index in [2.05, 4.69) is 5.10 Å². The van der Waals surface area contributed by atoms with Gasteiger partial charge in [-0.1, -0.05) is 0 Å². The number of carboxylic acids is 1. The van der Waals surface area contributed by atoms with Gasteiger partial charge in [-0.2, -0.15) is 5.10 Å². The molecule has 0 aromatic carbocycles. The molecular weight excluding hydrogens is 168 g/mol. The smallest absolute Gasteiger partial charge is 0.307 e. The van der Waals surface area contributed by atoms with Crippen LogP contribution in [0, 0.1) is 12.8 Å². The summed E-state index contributed by atoms with van der Waals surface area (Å²) in [7, 11) is 1.86. The summed E-state index contributed by atoms with van der Waals surface area (Å²) in [6.07, 6.45) is 2.69. The van der Waals surface area contributed by atoms with E-state index in [1.807, 2.05) is 20.2 Å². The third-order valence-corrected chi connectivity index (χ3v) is 2.56. The van der Waals surface area contributed by atoms with Gasteiger partial charge in [0.05, 0.1) is 11.6 Å². The molecule has 0 amide bonds. The van der Waals surface area contributed by atoms with Gasteiger partial charge in [0.15, 0.2) is 0 Å². The van der Waals surface area contributed by atoms with Crippen LogP contribution in [0.5, 0.6) is 0 Å². The summed E-state index contributed by atoms with van der Waals surface area (Å²) in [5, 5.41) is 12.9. The summed E-state index contributed by atoms with van der Waals surface area (Å²) in [5.41, 5.74) is 2.05. The predicted octanol–water partition coefficient (Wildman–Crippen LogP) is 0.917. The lowest BCUT2D eigenvalue weighted by atomic mass is 10.1. The van der Waals surface area contributed by atoms with Crippen molar-refractivity contribution in [2.45, 2.75) is 19.3 Å². The van der Waals surface area contributed by atoms with Gasteiger partial charge in [-0.05, 0) is 18.9 Å². The molecule has 1 saturated carbocycles. The normalized spacial score (nSPS) is 26.0. The number of carbonyl (C=O) groups is 1. The SMILES string of the molecule is Cc1nn(C)cc1C1CC1C(=O)O. The molecule has 1 aromatic heterocycles. The van der Waals surface area contributed by atoms with Crippen LogP contribution >= 0.6 is 0 Å². The highest BCUT2D eigenvalue weighted by Gasteiger charge is 2.45. The van der Waals surface area contributed by atoms with Crippen LogP contribution in [0.2, 0.25) is 0 Å². The molecule has 1 N–H and O–H groups in total. The van der Waals surface area contributed by atoms with Crippen LogP contribution in [0.1, 0.15) is 23.6 Å². The minimum atomic E-state index is -0.687. The van der Waals surface area contributed by atoms with Gasteiger partial charge < -0.3 is 5.11 Å². The molecule has 0 spiro atoms. The minimum absolute atomic E-state index is 0.178. The number of aromatic nitrogens is 2. The van der Waals surface area contributed by atoms with Crippen LogP contribution in [0.3, 0.4) is 0 Å². The van der Waals surface area contributed by atoms with Crippen molar-refractivity contribution in [1.82, 2.24) is 9.78 Å². The van der Waals surface area contributed by atoms with Crippen molar-refractivity contribution in [1.29, 1.82) is 0 Å². The average Bonchev–Trinajstić information content (AvgIpc) is 2.73. The lowest BCUT2D eigenvalue weighted by Crippen LogP contribution is -1.98. The molecule has 1 fully saturated rings. The molecule has 4 nitrogen and oxygen atoms in total. The van der Waals surface area contributed by atoms with E-state index in [0.29, 0.717) is 0 Å². The van der Waals surface area contributed by atoms with Gasteiger partial charge in [-0.15, -0.1) is 0 Å². The molecule has 0 radical (unpaired) electrons. The highest BCUT2D eigenvalue weighted by molar-refractivity contribution is 5.75. The standard InChI is InChI=1S/C9H12N2O2/c1-5-8(4-11(2)10-5)6-3-7(6)9(12)13/h4,6-7H,3H2,1-2H3,(H,12,13). The van der Waals surface area contributed by atoms with Gasteiger partial charge in [0.1, 0.15) is 0 Å². The van der Waals surface area contributed by atoms with Crippen LogP contribution < -0.4 is 0 Å². The molecule has 0 bridgehead atoms. The Morgan fingerprint density at radius 1 is 1.77 bits per heavy atom. The lowest BCUT2D eigenvalue weighted by Gasteiger charge is -1.92. The zero-order valence-electron chi connectivity index (χ0n) is 7.69. The minimum Gasteiger partial charge on any atom is -0.481 e. The maximum absolute atomic E-state index is 10.6. The van der Waals surface area contributed by atoms with Crippen molar-refractivity contribution in [2.24, 2.45) is 13.0 Å². The van der Waals surface area contributed by atoms with Crippen molar-refractivity contribution >= 4 is 5.97 Å². The molecule has 1 aromatic rings. The summed E-state index contributed by atoms with van der Waals surface area (Å²) in [6.45, 7) is 1.92. The Hall–Kier alpha value is -1.32. The Bertz CT molecular complexity index is 356. The predicted molar refractivity (Wildman–Crippen MR) is 46.4 cm³/mol. The van der Waals surface area contributed by atoms with Crippen molar-refractivity contribution in [3.63, 3.8) is 0 Å². The molecular formula is C9H12N2O2. The second kappa shape index (κ2) is 2.58. The van der Waals surface area contributed by atoms with Crippen molar-refractivity contribution in [3.8, 4) is 0 Å². The van der Waals surface area contributed by atoms with Crippen LogP contribution in [-0.2, 0) is 11.8 Å². The molecule has 0 aliphatic heterocycles. The van der Waals surface area contributed by atoms with Gasteiger partial charge in [0.2, 0.25) is 0 Å². The van der Waals surface area contributed by atoms with Gasteiger partial charge in [0, 0.05) is 19.2 Å². The topological polar surface area (TPSA) is 55.1 Å². The van der Waals surface area contributed by atoms with Crippen LogP contribution in [0.25, 0.3) is 0 Å². The first-order chi connectivity index (χ1) is 6.09. The number of aliphatic carboxylic acids is 1. The molecule has 2 rings (SSSR count). The molecule has 70 valence electrons. The number of carboxylic acid groups (broad SMARTS) is 1. The van der Waals surface area contributed by atoms with E-state index in [1.165, 1.54) is 0 Å². The van der Waals surface area contributed by atoms with E-state index in [9.17, 15) is 4.79 Å². The molecule has 1 aliphatic carbocycles. The first-order valence-electron chi connectivity index (χ1n) is 4.32. The maximum Gasteiger partial charge on any atom is 0.307 e. The quantitative estimate of drug-likeness (QED) is 0.736. The number of hydrogen-bond acceptors (Lipinski definition) is 2. The number of rotatable bonds is 2. The average molecular weight is 180 g/mol. The number of hydrogen-bond donors (Lipinski definition) is 1. The Labute approximate surface area is 76.2 Å². The fraction of sp³-hybridized carbons (Fsp3) is 0.556. The first kappa shape index (κ1) is 8.29. The molecule has 2 atom stereocenters. The summed E-state index contributed by atoms with van der Waals surface area (Å²) in [4.78, 5) is 10.6. The molecule has 1 heterocycles. The van der Waals surface area contributed by atoms with Crippen LogP contribution in [0.4, 0.5) is 0 Å². The molecule has 1 aliphatic rings. The summed E-state index contributed by atoms with van der Waals surface area (Å²) in [6, 6.07) is 0. The monoisotopic (exact) mass is 180 g/mol. The second-order valence-electron chi connectivity index (χ2n) is 3.63. The molecule has 4 heteroatoms. The lowest BCUT2D eigenvalue weighted by molar-refractivity contribution is -0.138. The van der Waals surface area contributed by atoms with Gasteiger partial charge in [0.25, 0.3) is 0 Å². The highest BCUT2D eigenvalue weighted by Crippen LogP contribution is 2.48. The van der Waals surface area contributed by atoms with E-state index in [-0.39, 0.29) is 11.8 Å². The van der Waals surface area contributed by atoms with Crippen molar-refractivity contribution in [2.75, 3.05) is 0 Å². The van der Waals surface area contributed by atoms with E-state index >= 15 is 0 Å². The Morgan fingerprint density at radius 3 is 2.85 bits per heavy atom. The maximum atomic E-state index is 10.6. The Morgan fingerprint density at radius 2 is 2.46 bits per heavy atom. The highest BCUT2D eigenvalue weighted by atomic mass is 16.4. The van der Waals surface area contributed by atoms with Crippen molar-refractivity contribution in [3.05, 3.63) is 17.5 Å². The second-order valence-corrected chi connectivity index (χ2v) is 3.63. The zero-order chi connectivity index (χ0) is 9.59. The number of nitrogens with zero attached hydrogens (tertiary/aromatic N) is 2. The fourth-order valence-electron chi connectivity index (χ4n) is 1.79. The molecule has 13 heavy (non-hydrogen) atoms. The Balaban J connectivity index is 2.20. The molecule has 2 unspecified atom stereocenters. The Kier molecular flexibility index (Phi) is 1.65. The van der Waals surface area contributed by atoms with Crippen molar-refractivity contribution < 1.29 is 9.90 Å². The van der Waals surface area contributed by atoms with E-state index in [0.717, 1.165) is 17.7 Å². The van der Waals surface area contributed by atoms with Gasteiger partial charge in [-0.25, -0.2) is 0 Å². The van der Waals surface area contributed by atoms with E-state index in [1.54, 1.807) is 4.68 Å². The zero-order valence-corrected chi connectivity index (χ0v) is 7.69. The fourth-order valence-corrected chi connectivity index (χ4v) is 1.79. The van der Waals surface area contributed by atoms with Crippen LogP contribution in [0.15, 0.2) is 6.20 Å². The summed E-state index contributed by atoms with van der Waals surface area (Å²) in [5.74, 6) is -0.664. The molecule has 0 saturated heterocycles. The third kappa shape index (κ3) is 1.32. The summed E-state index contributed by atoms with van der Waals surface area (Å²) < 4.78 is 1.74.